The zero-order chi connectivity index (χ0) is 15.6. The second kappa shape index (κ2) is 6.18. The number of sulfonamides is 1. The van der Waals surface area contributed by atoms with Crippen LogP contribution in [0.5, 0.6) is 0 Å². The van der Waals surface area contributed by atoms with Crippen LogP contribution in [0, 0.1) is 0 Å². The van der Waals surface area contributed by atoms with Crippen LogP contribution in [0.25, 0.3) is 0 Å². The zero-order valence-corrected chi connectivity index (χ0v) is 13.8. The number of carboxylic acids is 1. The van der Waals surface area contributed by atoms with Crippen LogP contribution in [-0.2, 0) is 10.0 Å². The molecule has 8 heteroatoms. The number of rotatable bonds is 5. The molecule has 0 aliphatic carbocycles. The highest BCUT2D eigenvalue weighted by atomic mass is 32.2. The van der Waals surface area contributed by atoms with Crippen LogP contribution >= 0.6 is 23.1 Å². The molecule has 0 saturated carbocycles. The van der Waals surface area contributed by atoms with E-state index >= 15 is 0 Å². The third kappa shape index (κ3) is 3.46. The summed E-state index contributed by atoms with van der Waals surface area (Å²) in [4.78, 5) is 11.9. The van der Waals surface area contributed by atoms with E-state index in [0.29, 0.717) is 4.90 Å². The molecular weight excluding hydrogens is 330 g/mol. The number of thiophene rings is 1. The van der Waals surface area contributed by atoms with Crippen molar-refractivity contribution in [1.29, 1.82) is 0 Å². The van der Waals surface area contributed by atoms with Gasteiger partial charge in [0.1, 0.15) is 0 Å². The molecule has 0 aliphatic rings. The average Bonchev–Trinajstić information content (AvgIpc) is 2.91. The molecule has 0 spiro atoms. The van der Waals surface area contributed by atoms with Gasteiger partial charge in [0.15, 0.2) is 0 Å². The van der Waals surface area contributed by atoms with Gasteiger partial charge in [-0.15, -0.1) is 11.3 Å². The minimum Gasteiger partial charge on any atom is -0.478 e. The standard InChI is InChI=1S/C13H13NO4S3/c1-14(2)21(17,18)9-5-6-11(10(8-9)13(15)16)20-12-4-3-7-19-12/h3-8H,1-2H3,(H,15,16). The summed E-state index contributed by atoms with van der Waals surface area (Å²) in [6.07, 6.45) is 0. The van der Waals surface area contributed by atoms with Gasteiger partial charge in [-0.3, -0.25) is 0 Å². The van der Waals surface area contributed by atoms with E-state index in [-0.39, 0.29) is 10.5 Å². The Morgan fingerprint density at radius 2 is 2.00 bits per heavy atom. The highest BCUT2D eigenvalue weighted by Crippen LogP contribution is 2.34. The molecule has 2 rings (SSSR count). The van der Waals surface area contributed by atoms with E-state index in [1.165, 1.54) is 55.4 Å². The lowest BCUT2D eigenvalue weighted by molar-refractivity contribution is 0.0693. The second-order valence-corrected chi connectivity index (χ2v) is 8.73. The molecule has 0 amide bonds. The first-order chi connectivity index (χ1) is 9.82. The van der Waals surface area contributed by atoms with Gasteiger partial charge in [-0.05, 0) is 29.6 Å². The van der Waals surface area contributed by atoms with Gasteiger partial charge in [0, 0.05) is 19.0 Å². The fraction of sp³-hybridized carbons (Fsp3) is 0.154. The molecule has 1 aromatic carbocycles. The summed E-state index contributed by atoms with van der Waals surface area (Å²) in [6, 6.07) is 7.92. The fourth-order valence-corrected chi connectivity index (χ4v) is 4.33. The molecule has 112 valence electrons. The Bertz CT molecular complexity index is 752. The molecule has 5 nitrogen and oxygen atoms in total. The summed E-state index contributed by atoms with van der Waals surface area (Å²) >= 11 is 2.80. The smallest absolute Gasteiger partial charge is 0.336 e. The van der Waals surface area contributed by atoms with Crippen LogP contribution in [0.3, 0.4) is 0 Å². The number of hydrogen-bond donors (Lipinski definition) is 1. The zero-order valence-electron chi connectivity index (χ0n) is 11.3. The molecule has 1 heterocycles. The molecule has 0 bridgehead atoms. The van der Waals surface area contributed by atoms with Crippen molar-refractivity contribution in [2.24, 2.45) is 0 Å². The number of hydrogen-bond acceptors (Lipinski definition) is 5. The summed E-state index contributed by atoms with van der Waals surface area (Å²) in [7, 11) is -0.835. The fourth-order valence-electron chi connectivity index (χ4n) is 1.57. The Kier molecular flexibility index (Phi) is 4.72. The van der Waals surface area contributed by atoms with Gasteiger partial charge in [0.25, 0.3) is 0 Å². The quantitative estimate of drug-likeness (QED) is 0.903. The Morgan fingerprint density at radius 3 is 2.52 bits per heavy atom. The van der Waals surface area contributed by atoms with E-state index in [4.69, 9.17) is 0 Å². The third-order valence-corrected chi connectivity index (χ3v) is 6.59. The largest absolute Gasteiger partial charge is 0.478 e. The van der Waals surface area contributed by atoms with Gasteiger partial charge >= 0.3 is 5.97 Å². The lowest BCUT2D eigenvalue weighted by Crippen LogP contribution is -2.22. The van der Waals surface area contributed by atoms with Crippen molar-refractivity contribution in [3.05, 3.63) is 41.3 Å². The predicted octanol–water partition coefficient (Wildman–Crippen LogP) is 2.85. The van der Waals surface area contributed by atoms with Crippen molar-refractivity contribution in [3.63, 3.8) is 0 Å². The van der Waals surface area contributed by atoms with E-state index < -0.39 is 16.0 Å². The lowest BCUT2D eigenvalue weighted by atomic mass is 10.2. The Hall–Kier alpha value is -1.35. The predicted molar refractivity (Wildman–Crippen MR) is 82.7 cm³/mol. The molecule has 0 atom stereocenters. The molecule has 0 aliphatic heterocycles. The van der Waals surface area contributed by atoms with E-state index in [2.05, 4.69) is 0 Å². The van der Waals surface area contributed by atoms with Crippen LogP contribution in [0.2, 0.25) is 0 Å². The molecule has 0 fully saturated rings. The number of aromatic carboxylic acids is 1. The van der Waals surface area contributed by atoms with Crippen LogP contribution in [0.4, 0.5) is 0 Å². The summed E-state index contributed by atoms with van der Waals surface area (Å²) in [6.45, 7) is 0. The molecule has 21 heavy (non-hydrogen) atoms. The topological polar surface area (TPSA) is 74.7 Å². The normalized spacial score (nSPS) is 11.8. The summed E-state index contributed by atoms with van der Waals surface area (Å²) in [5.41, 5.74) is -0.0173. The lowest BCUT2D eigenvalue weighted by Gasteiger charge is -2.13. The Balaban J connectivity index is 2.48. The summed E-state index contributed by atoms with van der Waals surface area (Å²) < 4.78 is 26.1. The average molecular weight is 343 g/mol. The van der Waals surface area contributed by atoms with Gasteiger partial charge in [-0.2, -0.15) is 0 Å². The first-order valence-corrected chi connectivity index (χ1v) is 8.97. The molecule has 1 N–H and O–H groups in total. The van der Waals surface area contributed by atoms with Crippen molar-refractivity contribution in [2.75, 3.05) is 14.1 Å². The van der Waals surface area contributed by atoms with Crippen LogP contribution < -0.4 is 0 Å². The van der Waals surface area contributed by atoms with E-state index in [9.17, 15) is 18.3 Å². The first kappa shape index (κ1) is 16.0. The second-order valence-electron chi connectivity index (χ2n) is 4.28. The van der Waals surface area contributed by atoms with E-state index in [1.54, 1.807) is 0 Å². The summed E-state index contributed by atoms with van der Waals surface area (Å²) in [5.74, 6) is -1.15. The number of carbonyl (C=O) groups is 1. The minimum atomic E-state index is -3.65. The van der Waals surface area contributed by atoms with Crippen molar-refractivity contribution < 1.29 is 18.3 Å². The van der Waals surface area contributed by atoms with Crippen molar-refractivity contribution in [2.45, 2.75) is 14.0 Å². The van der Waals surface area contributed by atoms with Gasteiger partial charge < -0.3 is 5.11 Å². The van der Waals surface area contributed by atoms with Crippen LogP contribution in [0.1, 0.15) is 10.4 Å². The number of benzene rings is 1. The van der Waals surface area contributed by atoms with Gasteiger partial charge in [-0.25, -0.2) is 17.5 Å². The highest BCUT2D eigenvalue weighted by molar-refractivity contribution is 8.01. The molecular formula is C13H13NO4S3. The highest BCUT2D eigenvalue weighted by Gasteiger charge is 2.21. The van der Waals surface area contributed by atoms with Gasteiger partial charge in [0.05, 0.1) is 14.7 Å². The Morgan fingerprint density at radius 1 is 1.29 bits per heavy atom. The van der Waals surface area contributed by atoms with Gasteiger partial charge in [0.2, 0.25) is 10.0 Å². The minimum absolute atomic E-state index is 0.0173. The van der Waals surface area contributed by atoms with E-state index in [0.717, 1.165) is 8.51 Å². The summed E-state index contributed by atoms with van der Waals surface area (Å²) in [5, 5.41) is 11.2. The maximum atomic E-state index is 12.1. The van der Waals surface area contributed by atoms with Crippen LogP contribution in [-0.4, -0.2) is 37.9 Å². The Labute approximate surface area is 131 Å². The van der Waals surface area contributed by atoms with E-state index in [1.807, 2.05) is 17.5 Å². The first-order valence-electron chi connectivity index (χ1n) is 5.83. The maximum Gasteiger partial charge on any atom is 0.336 e. The molecule has 2 aromatic rings. The molecule has 0 saturated heterocycles. The number of carboxylic acid groups (broad SMARTS) is 1. The van der Waals surface area contributed by atoms with Crippen molar-refractivity contribution >= 4 is 39.1 Å². The van der Waals surface area contributed by atoms with Crippen molar-refractivity contribution in [1.82, 2.24) is 4.31 Å². The third-order valence-electron chi connectivity index (χ3n) is 2.67. The molecule has 0 unspecified atom stereocenters. The molecule has 0 radical (unpaired) electrons. The van der Waals surface area contributed by atoms with Crippen molar-refractivity contribution in [3.8, 4) is 0 Å². The van der Waals surface area contributed by atoms with Crippen LogP contribution in [0.15, 0.2) is 49.7 Å². The number of nitrogens with zero attached hydrogens (tertiary/aromatic N) is 1. The monoisotopic (exact) mass is 343 g/mol. The van der Waals surface area contributed by atoms with Gasteiger partial charge in [-0.1, -0.05) is 17.8 Å². The molecule has 1 aromatic heterocycles. The SMILES string of the molecule is CN(C)S(=O)(=O)c1ccc(Sc2cccs2)c(C(=O)O)c1. The maximum absolute atomic E-state index is 12.1.